The second-order valence-corrected chi connectivity index (χ2v) is 8.59. The number of carbonyl (C=O) groups excluding carboxylic acids is 1. The normalized spacial score (nSPS) is 33.4. The number of nitrogens with zero attached hydrogens (tertiary/aromatic N) is 1. The molecule has 2 aliphatic carbocycles. The first-order valence-electron chi connectivity index (χ1n) is 9.61. The molecule has 4 heteroatoms. The molecule has 25 heavy (non-hydrogen) atoms. The molecule has 2 atom stereocenters. The molecule has 2 aliphatic heterocycles. The van der Waals surface area contributed by atoms with Crippen LogP contribution < -0.4 is 0 Å². The maximum Gasteiger partial charge on any atom is 0.223 e. The maximum atomic E-state index is 13.0. The number of benzene rings is 1. The van der Waals surface area contributed by atoms with Gasteiger partial charge in [0.2, 0.25) is 5.91 Å². The van der Waals surface area contributed by atoms with E-state index in [1.54, 1.807) is 0 Å². The van der Waals surface area contributed by atoms with Gasteiger partial charge < -0.3 is 15.0 Å². The summed E-state index contributed by atoms with van der Waals surface area (Å²) < 4.78 is 0. The molecule has 2 aromatic rings. The Morgan fingerprint density at radius 3 is 2.76 bits per heavy atom. The molecule has 0 spiro atoms. The van der Waals surface area contributed by atoms with Crippen molar-refractivity contribution in [2.24, 2.45) is 5.92 Å². The van der Waals surface area contributed by atoms with Gasteiger partial charge in [-0.3, -0.25) is 4.79 Å². The van der Waals surface area contributed by atoms with Gasteiger partial charge in [-0.2, -0.15) is 0 Å². The fourth-order valence-electron chi connectivity index (χ4n) is 6.01. The highest BCUT2D eigenvalue weighted by Gasteiger charge is 2.54. The fourth-order valence-corrected chi connectivity index (χ4v) is 6.01. The monoisotopic (exact) mass is 338 g/mol. The number of aromatic amines is 1. The van der Waals surface area contributed by atoms with Gasteiger partial charge in [0, 0.05) is 35.6 Å². The van der Waals surface area contributed by atoms with E-state index in [0.717, 1.165) is 44.0 Å². The summed E-state index contributed by atoms with van der Waals surface area (Å²) in [6.07, 6.45) is 8.13. The average molecular weight is 338 g/mol. The van der Waals surface area contributed by atoms with Crippen LogP contribution >= 0.6 is 0 Å². The minimum Gasteiger partial charge on any atom is -0.390 e. The third kappa shape index (κ3) is 2.42. The molecule has 4 fully saturated rings. The molecule has 6 rings (SSSR count). The Morgan fingerprint density at radius 1 is 1.28 bits per heavy atom. The van der Waals surface area contributed by atoms with E-state index < -0.39 is 5.60 Å². The van der Waals surface area contributed by atoms with Crippen LogP contribution in [0.15, 0.2) is 24.4 Å². The van der Waals surface area contributed by atoms with E-state index in [9.17, 15) is 9.90 Å². The van der Waals surface area contributed by atoms with Crippen molar-refractivity contribution >= 4 is 16.8 Å². The second kappa shape index (κ2) is 5.34. The Bertz CT molecular complexity index is 824. The van der Waals surface area contributed by atoms with Crippen LogP contribution in [-0.2, 0) is 11.2 Å². The number of piperidine rings is 2. The van der Waals surface area contributed by atoms with Crippen molar-refractivity contribution < 1.29 is 9.90 Å². The van der Waals surface area contributed by atoms with Gasteiger partial charge in [0.1, 0.15) is 0 Å². The largest absolute Gasteiger partial charge is 0.390 e. The molecule has 2 saturated heterocycles. The van der Waals surface area contributed by atoms with Crippen molar-refractivity contribution in [2.75, 3.05) is 0 Å². The van der Waals surface area contributed by atoms with Gasteiger partial charge in [-0.15, -0.1) is 0 Å². The zero-order valence-corrected chi connectivity index (χ0v) is 14.8. The molecular formula is C21H26N2O2. The fraction of sp³-hybridized carbons (Fsp3) is 0.571. The van der Waals surface area contributed by atoms with E-state index in [4.69, 9.17) is 0 Å². The summed E-state index contributed by atoms with van der Waals surface area (Å²) >= 11 is 0. The summed E-state index contributed by atoms with van der Waals surface area (Å²) in [4.78, 5) is 18.5. The summed E-state index contributed by atoms with van der Waals surface area (Å²) in [5.41, 5.74) is 3.17. The van der Waals surface area contributed by atoms with Crippen LogP contribution in [0.3, 0.4) is 0 Å². The van der Waals surface area contributed by atoms with Gasteiger partial charge in [0.25, 0.3) is 0 Å². The first-order valence-corrected chi connectivity index (χ1v) is 9.61. The van der Waals surface area contributed by atoms with Crippen LogP contribution in [-0.4, -0.2) is 38.6 Å². The molecule has 4 aliphatic rings. The molecule has 2 unspecified atom stereocenters. The van der Waals surface area contributed by atoms with Crippen molar-refractivity contribution in [3.8, 4) is 0 Å². The van der Waals surface area contributed by atoms with Crippen LogP contribution in [0.1, 0.15) is 49.7 Å². The number of H-pyrrole nitrogens is 1. The van der Waals surface area contributed by atoms with E-state index in [-0.39, 0.29) is 18.0 Å². The minimum absolute atomic E-state index is 0.272. The van der Waals surface area contributed by atoms with E-state index in [0.29, 0.717) is 12.3 Å². The molecule has 3 heterocycles. The lowest BCUT2D eigenvalue weighted by molar-refractivity contribution is -0.174. The van der Waals surface area contributed by atoms with Crippen molar-refractivity contribution in [2.45, 2.75) is 69.6 Å². The van der Waals surface area contributed by atoms with E-state index in [1.165, 1.54) is 16.5 Å². The van der Waals surface area contributed by atoms with Gasteiger partial charge in [-0.1, -0.05) is 12.1 Å². The quantitative estimate of drug-likeness (QED) is 0.902. The summed E-state index contributed by atoms with van der Waals surface area (Å²) in [7, 11) is 0. The summed E-state index contributed by atoms with van der Waals surface area (Å²) in [5.74, 6) is 0.906. The number of aromatic nitrogens is 1. The van der Waals surface area contributed by atoms with Gasteiger partial charge in [-0.05, 0) is 68.6 Å². The SMILES string of the molecule is Cc1cccc2[nH]cc(CCC(=O)N3C4CC5CC3CC(O)(C5)C4)c12. The van der Waals surface area contributed by atoms with Gasteiger partial charge in [0.15, 0.2) is 0 Å². The molecule has 2 saturated carbocycles. The first kappa shape index (κ1) is 15.4. The summed E-state index contributed by atoms with van der Waals surface area (Å²) in [5, 5.41) is 12.0. The molecular weight excluding hydrogens is 312 g/mol. The van der Waals surface area contributed by atoms with E-state index >= 15 is 0 Å². The van der Waals surface area contributed by atoms with Crippen LogP contribution in [0.25, 0.3) is 10.9 Å². The number of aliphatic hydroxyl groups is 1. The third-order valence-corrected chi connectivity index (χ3v) is 6.79. The van der Waals surface area contributed by atoms with Crippen LogP contribution in [0.5, 0.6) is 0 Å². The summed E-state index contributed by atoms with van der Waals surface area (Å²) in [6.45, 7) is 2.13. The van der Waals surface area contributed by atoms with Gasteiger partial charge >= 0.3 is 0 Å². The Kier molecular flexibility index (Phi) is 3.30. The highest BCUT2D eigenvalue weighted by molar-refractivity contribution is 5.87. The number of amides is 1. The number of fused-ring (bicyclic) bond motifs is 1. The molecule has 0 radical (unpaired) electrons. The number of nitrogens with one attached hydrogen (secondary N) is 1. The van der Waals surface area contributed by atoms with E-state index in [1.807, 2.05) is 0 Å². The molecule has 1 aromatic carbocycles. The predicted molar refractivity (Wildman–Crippen MR) is 97.3 cm³/mol. The number of hydrogen-bond donors (Lipinski definition) is 2. The lowest BCUT2D eigenvalue weighted by Crippen LogP contribution is -2.65. The Labute approximate surface area is 148 Å². The Hall–Kier alpha value is -1.81. The zero-order chi connectivity index (χ0) is 17.2. The van der Waals surface area contributed by atoms with Crippen molar-refractivity contribution in [3.63, 3.8) is 0 Å². The maximum absolute atomic E-state index is 13.0. The number of hydrogen-bond acceptors (Lipinski definition) is 2. The lowest BCUT2D eigenvalue weighted by atomic mass is 9.61. The van der Waals surface area contributed by atoms with Crippen LogP contribution in [0, 0.1) is 12.8 Å². The zero-order valence-electron chi connectivity index (χ0n) is 14.8. The highest BCUT2D eigenvalue weighted by atomic mass is 16.3. The first-order chi connectivity index (χ1) is 12.0. The molecule has 1 amide bonds. The predicted octanol–water partition coefficient (Wildman–Crippen LogP) is 3.31. The molecule has 132 valence electrons. The standard InChI is InChI=1S/C21H26N2O2/c1-13-3-2-4-18-20(13)15(12-22-18)5-6-19(24)23-16-7-14-8-17(23)11-21(25,9-14)10-16/h2-4,12,14,16-17,22,25H,5-11H2,1H3. The average Bonchev–Trinajstić information content (AvgIpc) is 2.95. The Balaban J connectivity index is 1.33. The van der Waals surface area contributed by atoms with Crippen molar-refractivity contribution in [3.05, 3.63) is 35.5 Å². The molecule has 2 N–H and O–H groups in total. The van der Waals surface area contributed by atoms with E-state index in [2.05, 4.69) is 41.2 Å². The van der Waals surface area contributed by atoms with Gasteiger partial charge in [0.05, 0.1) is 5.60 Å². The number of rotatable bonds is 3. The smallest absolute Gasteiger partial charge is 0.223 e. The molecule has 4 nitrogen and oxygen atoms in total. The number of aryl methyl sites for hydroxylation is 2. The highest BCUT2D eigenvalue weighted by Crippen LogP contribution is 2.51. The molecule has 4 bridgehead atoms. The van der Waals surface area contributed by atoms with Crippen molar-refractivity contribution in [1.29, 1.82) is 0 Å². The number of carbonyl (C=O) groups is 1. The third-order valence-electron chi connectivity index (χ3n) is 6.79. The second-order valence-electron chi connectivity index (χ2n) is 8.59. The summed E-state index contributed by atoms with van der Waals surface area (Å²) in [6, 6.07) is 6.83. The van der Waals surface area contributed by atoms with Crippen LogP contribution in [0.4, 0.5) is 0 Å². The van der Waals surface area contributed by atoms with Gasteiger partial charge in [-0.25, -0.2) is 0 Å². The van der Waals surface area contributed by atoms with Crippen LogP contribution in [0.2, 0.25) is 0 Å². The Morgan fingerprint density at radius 2 is 2.04 bits per heavy atom. The minimum atomic E-state index is -0.485. The lowest BCUT2D eigenvalue weighted by Gasteiger charge is -2.59. The molecule has 1 aromatic heterocycles. The topological polar surface area (TPSA) is 56.3 Å². The van der Waals surface area contributed by atoms with Crippen molar-refractivity contribution in [1.82, 2.24) is 9.88 Å².